The van der Waals surface area contributed by atoms with Crippen LogP contribution in [0.15, 0.2) is 27.1 Å². The van der Waals surface area contributed by atoms with Crippen LogP contribution < -0.4 is 5.32 Å². The average Bonchev–Trinajstić information content (AvgIpc) is 2.43. The number of hydrogen-bond acceptors (Lipinski definition) is 2. The van der Waals surface area contributed by atoms with Crippen molar-refractivity contribution in [3.63, 3.8) is 0 Å². The maximum Gasteiger partial charge on any atom is 0.389 e. The lowest BCUT2D eigenvalue weighted by atomic mass is 9.99. The van der Waals surface area contributed by atoms with Gasteiger partial charge in [-0.2, -0.15) is 13.2 Å². The van der Waals surface area contributed by atoms with E-state index in [1.165, 1.54) is 0 Å². The molecule has 2 nitrogen and oxygen atoms in total. The zero-order chi connectivity index (χ0) is 15.5. The van der Waals surface area contributed by atoms with E-state index >= 15 is 0 Å². The molecule has 134 valence electrons. The van der Waals surface area contributed by atoms with Gasteiger partial charge in [0.15, 0.2) is 0 Å². The highest BCUT2D eigenvalue weighted by atomic mass is 79.9. The van der Waals surface area contributed by atoms with Crippen molar-refractivity contribution in [1.29, 1.82) is 0 Å². The molecule has 0 bridgehead atoms. The van der Waals surface area contributed by atoms with Crippen LogP contribution in [0.4, 0.5) is 13.2 Å². The summed E-state index contributed by atoms with van der Waals surface area (Å²) in [4.78, 5) is 2.13. The fourth-order valence-electron chi connectivity index (χ4n) is 2.60. The molecule has 0 radical (unpaired) electrons. The second-order valence-corrected chi connectivity index (χ2v) is 6.89. The molecule has 0 unspecified atom stereocenters. The summed E-state index contributed by atoms with van der Waals surface area (Å²) in [6, 6.07) is 5.45. The van der Waals surface area contributed by atoms with Gasteiger partial charge in [0, 0.05) is 47.6 Å². The molecular weight excluding hydrogens is 484 g/mol. The van der Waals surface area contributed by atoms with Crippen LogP contribution >= 0.6 is 56.7 Å². The highest BCUT2D eigenvalue weighted by molar-refractivity contribution is 9.11. The van der Waals surface area contributed by atoms with Gasteiger partial charge in [0.25, 0.3) is 0 Å². The standard InChI is InChI=1S/C14H17Br2F3N2.2ClH/c15-10-1-2-12(16)11(9-10)13(3-4-14(17,18)19)21-7-5-20-6-8-21;;/h1-2,9,13,20H,3-8H2;2*1H/t13-;;/m1../s1. The largest absolute Gasteiger partial charge is 0.389 e. The minimum absolute atomic E-state index is 0. The van der Waals surface area contributed by atoms with Gasteiger partial charge >= 0.3 is 6.18 Å². The van der Waals surface area contributed by atoms with E-state index in [0.717, 1.165) is 40.7 Å². The summed E-state index contributed by atoms with van der Waals surface area (Å²) >= 11 is 6.88. The van der Waals surface area contributed by atoms with E-state index in [-0.39, 0.29) is 37.3 Å². The summed E-state index contributed by atoms with van der Waals surface area (Å²) in [7, 11) is 0. The third kappa shape index (κ3) is 7.48. The predicted molar refractivity (Wildman–Crippen MR) is 98.8 cm³/mol. The van der Waals surface area contributed by atoms with Crippen molar-refractivity contribution in [3.8, 4) is 0 Å². The first kappa shape index (κ1) is 23.5. The van der Waals surface area contributed by atoms with Crippen molar-refractivity contribution < 1.29 is 13.2 Å². The third-order valence-electron chi connectivity index (χ3n) is 3.61. The molecule has 23 heavy (non-hydrogen) atoms. The molecule has 0 amide bonds. The smallest absolute Gasteiger partial charge is 0.314 e. The first-order valence-corrected chi connectivity index (χ1v) is 8.42. The molecule has 1 aliphatic rings. The molecule has 1 heterocycles. The number of piperazine rings is 1. The summed E-state index contributed by atoms with van der Waals surface area (Å²) in [5, 5.41) is 3.23. The van der Waals surface area contributed by atoms with Crippen LogP contribution in [0, 0.1) is 0 Å². The maximum atomic E-state index is 12.6. The van der Waals surface area contributed by atoms with Gasteiger partial charge in [-0.3, -0.25) is 4.90 Å². The Hall–Kier alpha value is 0.470. The summed E-state index contributed by atoms with van der Waals surface area (Å²) in [5.74, 6) is 0. The molecule has 1 atom stereocenters. The molecule has 1 aromatic rings. The highest BCUT2D eigenvalue weighted by Gasteiger charge is 2.32. The zero-order valence-corrected chi connectivity index (χ0v) is 17.0. The van der Waals surface area contributed by atoms with Gasteiger partial charge in [0.05, 0.1) is 0 Å². The summed E-state index contributed by atoms with van der Waals surface area (Å²) in [6.45, 7) is 3.16. The Balaban J connectivity index is 0.00000242. The Morgan fingerprint density at radius 3 is 2.30 bits per heavy atom. The molecule has 1 saturated heterocycles. The molecule has 2 rings (SSSR count). The zero-order valence-electron chi connectivity index (χ0n) is 12.2. The summed E-state index contributed by atoms with van der Waals surface area (Å²) in [5.41, 5.74) is 0.913. The van der Waals surface area contributed by atoms with E-state index < -0.39 is 12.6 Å². The van der Waals surface area contributed by atoms with E-state index in [1.807, 2.05) is 18.2 Å². The Kier molecular flexibility index (Phi) is 10.7. The second kappa shape index (κ2) is 10.5. The Morgan fingerprint density at radius 1 is 1.13 bits per heavy atom. The minimum Gasteiger partial charge on any atom is -0.314 e. The molecule has 9 heteroatoms. The molecule has 1 fully saturated rings. The van der Waals surface area contributed by atoms with Crippen molar-refractivity contribution in [1.82, 2.24) is 10.2 Å². The number of nitrogens with zero attached hydrogens (tertiary/aromatic N) is 1. The maximum absolute atomic E-state index is 12.6. The van der Waals surface area contributed by atoms with Gasteiger partial charge in [-0.05, 0) is 30.2 Å². The van der Waals surface area contributed by atoms with Gasteiger partial charge in [0.2, 0.25) is 0 Å². The molecule has 1 aromatic carbocycles. The lowest BCUT2D eigenvalue weighted by molar-refractivity contribution is -0.138. The minimum atomic E-state index is -4.12. The van der Waals surface area contributed by atoms with Gasteiger partial charge < -0.3 is 5.32 Å². The Bertz CT molecular complexity index is 484. The van der Waals surface area contributed by atoms with Gasteiger partial charge in [-0.15, -0.1) is 24.8 Å². The highest BCUT2D eigenvalue weighted by Crippen LogP contribution is 2.36. The molecule has 0 spiro atoms. The lowest BCUT2D eigenvalue weighted by Crippen LogP contribution is -2.45. The molecular formula is C14H19Br2Cl2F3N2. The van der Waals surface area contributed by atoms with Crippen LogP contribution in [-0.4, -0.2) is 37.3 Å². The van der Waals surface area contributed by atoms with Crippen LogP contribution in [0.2, 0.25) is 0 Å². The molecule has 1 aliphatic heterocycles. The number of rotatable bonds is 4. The number of benzene rings is 1. The van der Waals surface area contributed by atoms with Crippen molar-refractivity contribution in [2.24, 2.45) is 0 Å². The van der Waals surface area contributed by atoms with Crippen molar-refractivity contribution >= 4 is 56.7 Å². The second-order valence-electron chi connectivity index (χ2n) is 5.12. The molecule has 0 aliphatic carbocycles. The van der Waals surface area contributed by atoms with Crippen LogP contribution in [0.25, 0.3) is 0 Å². The topological polar surface area (TPSA) is 15.3 Å². The predicted octanol–water partition coefficient (Wildman–Crippen LogP) is 5.34. The average molecular weight is 503 g/mol. The number of nitrogens with one attached hydrogen (secondary N) is 1. The number of hydrogen-bond donors (Lipinski definition) is 1. The van der Waals surface area contributed by atoms with E-state index in [9.17, 15) is 13.2 Å². The van der Waals surface area contributed by atoms with Gasteiger partial charge in [-0.25, -0.2) is 0 Å². The number of alkyl halides is 3. The van der Waals surface area contributed by atoms with E-state index in [1.54, 1.807) is 0 Å². The fraction of sp³-hybridized carbons (Fsp3) is 0.571. The van der Waals surface area contributed by atoms with E-state index in [0.29, 0.717) is 0 Å². The van der Waals surface area contributed by atoms with E-state index in [2.05, 4.69) is 42.1 Å². The Labute approximate surface area is 163 Å². The number of halogens is 7. The van der Waals surface area contributed by atoms with Crippen molar-refractivity contribution in [2.75, 3.05) is 26.2 Å². The Morgan fingerprint density at radius 2 is 1.74 bits per heavy atom. The first-order chi connectivity index (χ1) is 9.87. The molecule has 0 saturated carbocycles. The summed E-state index contributed by atoms with van der Waals surface area (Å²) in [6.07, 6.45) is -4.80. The molecule has 0 aromatic heterocycles. The monoisotopic (exact) mass is 500 g/mol. The SMILES string of the molecule is Cl.Cl.FC(F)(F)CC[C@H](c1cc(Br)ccc1Br)N1CCNCC1. The van der Waals surface area contributed by atoms with Crippen molar-refractivity contribution in [2.45, 2.75) is 25.1 Å². The third-order valence-corrected chi connectivity index (χ3v) is 4.83. The van der Waals surface area contributed by atoms with Crippen LogP contribution in [0.1, 0.15) is 24.4 Å². The summed E-state index contributed by atoms with van der Waals surface area (Å²) < 4.78 is 39.6. The van der Waals surface area contributed by atoms with E-state index in [4.69, 9.17) is 0 Å². The van der Waals surface area contributed by atoms with Crippen molar-refractivity contribution in [3.05, 3.63) is 32.7 Å². The van der Waals surface area contributed by atoms with Crippen LogP contribution in [0.5, 0.6) is 0 Å². The van der Waals surface area contributed by atoms with Crippen LogP contribution in [0.3, 0.4) is 0 Å². The first-order valence-electron chi connectivity index (χ1n) is 6.83. The van der Waals surface area contributed by atoms with Gasteiger partial charge in [-0.1, -0.05) is 31.9 Å². The lowest BCUT2D eigenvalue weighted by Gasteiger charge is -2.36. The quantitative estimate of drug-likeness (QED) is 0.597. The van der Waals surface area contributed by atoms with Crippen LogP contribution in [-0.2, 0) is 0 Å². The molecule has 1 N–H and O–H groups in total. The van der Waals surface area contributed by atoms with Gasteiger partial charge in [0.1, 0.15) is 0 Å². The fourth-order valence-corrected chi connectivity index (χ4v) is 3.49. The normalized spacial score (nSPS) is 17.1.